The number of ether oxygens (including phenoxy) is 1. The van der Waals surface area contributed by atoms with Crippen molar-refractivity contribution >= 4 is 21.9 Å². The molecule has 0 N–H and O–H groups in total. The van der Waals surface area contributed by atoms with Crippen molar-refractivity contribution in [3.05, 3.63) is 0 Å². The highest BCUT2D eigenvalue weighted by atomic mass is 79.9. The number of nitrogens with zero attached hydrogens (tertiary/aromatic N) is 2. The molecule has 0 aliphatic heterocycles. The van der Waals surface area contributed by atoms with Crippen LogP contribution in [0.3, 0.4) is 0 Å². The topological polar surface area (TPSA) is 53.3 Å². The maximum absolute atomic E-state index is 11.2. The van der Waals surface area contributed by atoms with Crippen LogP contribution in [0.4, 0.5) is 0 Å². The summed E-state index contributed by atoms with van der Waals surface area (Å²) in [6.07, 6.45) is 0.480. The van der Waals surface area contributed by atoms with Crippen LogP contribution in [0.2, 0.25) is 0 Å². The van der Waals surface area contributed by atoms with E-state index in [1.807, 2.05) is 0 Å². The molecular weight excluding hydrogens is 272 g/mol. The molecule has 16 heavy (non-hydrogen) atoms. The smallest absolute Gasteiger partial charge is 0.320 e. The van der Waals surface area contributed by atoms with Gasteiger partial charge < -0.3 is 9.64 Å². The van der Waals surface area contributed by atoms with Gasteiger partial charge in [0.15, 0.2) is 0 Å². The normalized spacial score (nSPS) is 12.6. The van der Waals surface area contributed by atoms with Gasteiger partial charge in [-0.1, -0.05) is 29.8 Å². The molecule has 0 aromatic rings. The number of methoxy groups -OCH3 is 1. The zero-order valence-corrected chi connectivity index (χ0v) is 11.7. The van der Waals surface area contributed by atoms with E-state index < -0.39 is 0 Å². The molecule has 0 aromatic carbocycles. The number of hydrogen-bond donors (Lipinski definition) is 0. The first-order valence-electron chi connectivity index (χ1n) is 5.32. The summed E-state index contributed by atoms with van der Waals surface area (Å²) in [5, 5.41) is 8.56. The van der Waals surface area contributed by atoms with E-state index >= 15 is 0 Å². The minimum absolute atomic E-state index is 0.272. The number of alkyl halides is 1. The van der Waals surface area contributed by atoms with Gasteiger partial charge in [0.05, 0.1) is 13.2 Å². The minimum Gasteiger partial charge on any atom is -0.468 e. The Bertz CT molecular complexity index is 251. The van der Waals surface area contributed by atoms with Gasteiger partial charge in [0.1, 0.15) is 4.83 Å². The molecule has 92 valence electrons. The van der Waals surface area contributed by atoms with Gasteiger partial charge in [-0.05, 0) is 5.92 Å². The number of carbonyl (C=O) groups is 1. The molecule has 0 aromatic heterocycles. The molecule has 0 amide bonds. The molecule has 4 nitrogen and oxygen atoms in total. The summed E-state index contributed by atoms with van der Waals surface area (Å²) in [5.74, 6) is 0.238. The lowest BCUT2D eigenvalue weighted by Crippen LogP contribution is -2.37. The zero-order chi connectivity index (χ0) is 12.6. The first-order chi connectivity index (χ1) is 7.51. The van der Waals surface area contributed by atoms with Crippen molar-refractivity contribution in [1.82, 2.24) is 4.90 Å². The average molecular weight is 291 g/mol. The summed E-state index contributed by atoms with van der Waals surface area (Å²) in [5.41, 5.74) is 0. The largest absolute Gasteiger partial charge is 0.468 e. The molecule has 0 spiro atoms. The van der Waals surface area contributed by atoms with Crippen molar-refractivity contribution in [3.63, 3.8) is 0 Å². The van der Waals surface area contributed by atoms with E-state index in [4.69, 9.17) is 5.26 Å². The van der Waals surface area contributed by atoms with Crippen molar-refractivity contribution in [2.75, 3.05) is 26.7 Å². The van der Waals surface area contributed by atoms with E-state index in [0.29, 0.717) is 25.4 Å². The molecule has 0 aliphatic rings. The van der Waals surface area contributed by atoms with Gasteiger partial charge in [-0.3, -0.25) is 4.79 Å². The number of esters is 1. The Hall–Kier alpha value is -0.600. The van der Waals surface area contributed by atoms with Crippen LogP contribution in [0.1, 0.15) is 20.3 Å². The molecule has 0 saturated heterocycles. The van der Waals surface area contributed by atoms with E-state index in [2.05, 4.69) is 45.5 Å². The molecule has 0 bridgehead atoms. The van der Waals surface area contributed by atoms with Crippen molar-refractivity contribution in [1.29, 1.82) is 5.26 Å². The summed E-state index contributed by atoms with van der Waals surface area (Å²) in [4.78, 5) is 13.0. The van der Waals surface area contributed by atoms with Crippen LogP contribution < -0.4 is 0 Å². The van der Waals surface area contributed by atoms with Crippen molar-refractivity contribution < 1.29 is 9.53 Å². The van der Waals surface area contributed by atoms with Crippen molar-refractivity contribution in [2.45, 2.75) is 25.1 Å². The minimum atomic E-state index is -0.324. The van der Waals surface area contributed by atoms with Gasteiger partial charge in [-0.25, -0.2) is 0 Å². The van der Waals surface area contributed by atoms with E-state index in [1.54, 1.807) is 0 Å². The highest BCUT2D eigenvalue weighted by Crippen LogP contribution is 2.08. The molecular formula is C11H19BrN2O2. The highest BCUT2D eigenvalue weighted by molar-refractivity contribution is 9.10. The summed E-state index contributed by atoms with van der Waals surface area (Å²) in [6, 6.07) is 2.11. The molecule has 0 saturated carbocycles. The summed E-state index contributed by atoms with van der Waals surface area (Å²) in [7, 11) is 1.37. The first-order valence-corrected chi connectivity index (χ1v) is 6.24. The van der Waals surface area contributed by atoms with Gasteiger partial charge in [0.25, 0.3) is 0 Å². The number of hydrogen-bond acceptors (Lipinski definition) is 4. The van der Waals surface area contributed by atoms with E-state index in [0.717, 1.165) is 6.54 Å². The Morgan fingerprint density at radius 2 is 2.12 bits per heavy atom. The van der Waals surface area contributed by atoms with Gasteiger partial charge in [-0.2, -0.15) is 5.26 Å². The fourth-order valence-electron chi connectivity index (χ4n) is 1.41. The fraction of sp³-hybridized carbons (Fsp3) is 0.818. The van der Waals surface area contributed by atoms with E-state index in [-0.39, 0.29) is 10.8 Å². The van der Waals surface area contributed by atoms with Crippen molar-refractivity contribution in [3.8, 4) is 6.07 Å². The Morgan fingerprint density at radius 1 is 1.50 bits per heavy atom. The number of carbonyl (C=O) groups excluding carboxylic acids is 1. The van der Waals surface area contributed by atoms with Crippen LogP contribution in [-0.4, -0.2) is 42.4 Å². The predicted molar refractivity (Wildman–Crippen MR) is 66.2 cm³/mol. The number of rotatable bonds is 7. The second-order valence-electron chi connectivity index (χ2n) is 4.05. The van der Waals surface area contributed by atoms with E-state index in [9.17, 15) is 4.79 Å². The Balaban J connectivity index is 4.19. The van der Waals surface area contributed by atoms with Crippen LogP contribution in [0.25, 0.3) is 0 Å². The third-order valence-electron chi connectivity index (χ3n) is 2.04. The third-order valence-corrected chi connectivity index (χ3v) is 2.70. The number of nitriles is 1. The van der Waals surface area contributed by atoms with Gasteiger partial charge in [0.2, 0.25) is 0 Å². The standard InChI is InChI=1S/C11H19BrN2O2/c1-9(2)7-14(6-4-5-13)8-10(12)11(15)16-3/h9-10H,4,6-8H2,1-3H3. The second-order valence-corrected chi connectivity index (χ2v) is 5.16. The van der Waals surface area contributed by atoms with Crippen LogP contribution >= 0.6 is 15.9 Å². The van der Waals surface area contributed by atoms with Crippen LogP contribution in [-0.2, 0) is 9.53 Å². The number of halogens is 1. The molecule has 0 rings (SSSR count). The van der Waals surface area contributed by atoms with Gasteiger partial charge >= 0.3 is 5.97 Å². The molecule has 0 aliphatic carbocycles. The lowest BCUT2D eigenvalue weighted by atomic mass is 10.2. The lowest BCUT2D eigenvalue weighted by Gasteiger charge is -2.24. The molecule has 0 fully saturated rings. The lowest BCUT2D eigenvalue weighted by molar-refractivity contribution is -0.140. The molecule has 1 atom stereocenters. The maximum Gasteiger partial charge on any atom is 0.320 e. The Labute approximate surface area is 106 Å². The fourth-order valence-corrected chi connectivity index (χ4v) is 2.01. The van der Waals surface area contributed by atoms with Gasteiger partial charge in [-0.15, -0.1) is 0 Å². The first kappa shape index (κ1) is 15.4. The summed E-state index contributed by atoms with van der Waals surface area (Å²) in [6.45, 7) is 6.36. The highest BCUT2D eigenvalue weighted by Gasteiger charge is 2.19. The quantitative estimate of drug-likeness (QED) is 0.530. The average Bonchev–Trinajstić information content (AvgIpc) is 2.23. The molecule has 0 radical (unpaired) electrons. The monoisotopic (exact) mass is 290 g/mol. The van der Waals surface area contributed by atoms with Crippen molar-refractivity contribution in [2.24, 2.45) is 5.92 Å². The maximum atomic E-state index is 11.2. The molecule has 5 heteroatoms. The molecule has 1 unspecified atom stereocenters. The summed E-state index contributed by atoms with van der Waals surface area (Å²) >= 11 is 3.29. The zero-order valence-electron chi connectivity index (χ0n) is 10.1. The van der Waals surface area contributed by atoms with Crippen LogP contribution in [0.15, 0.2) is 0 Å². The van der Waals surface area contributed by atoms with Crippen LogP contribution in [0, 0.1) is 17.2 Å². The summed E-state index contributed by atoms with van der Waals surface area (Å²) < 4.78 is 4.64. The van der Waals surface area contributed by atoms with E-state index in [1.165, 1.54) is 7.11 Å². The Morgan fingerprint density at radius 3 is 2.56 bits per heavy atom. The second kappa shape index (κ2) is 8.54. The SMILES string of the molecule is COC(=O)C(Br)CN(CCC#N)CC(C)C. The van der Waals surface area contributed by atoms with Gasteiger partial charge in [0, 0.05) is 26.1 Å². The third kappa shape index (κ3) is 6.81. The Kier molecular flexibility index (Phi) is 8.22. The molecule has 0 heterocycles. The van der Waals surface area contributed by atoms with Crippen LogP contribution in [0.5, 0.6) is 0 Å². The predicted octanol–water partition coefficient (Wildman–Crippen LogP) is 1.79.